The molecule has 0 unspecified atom stereocenters. The highest BCUT2D eigenvalue weighted by Gasteiger charge is 2.11. The predicted octanol–water partition coefficient (Wildman–Crippen LogP) is 4.30. The maximum absolute atomic E-state index is 12.0. The molecular weight excluding hydrogens is 310 g/mol. The van der Waals surface area contributed by atoms with Crippen LogP contribution in [0.2, 0.25) is 0 Å². The van der Waals surface area contributed by atoms with Crippen LogP contribution in [0.1, 0.15) is 16.8 Å². The Labute approximate surface area is 147 Å². The standard InChI is InChI=1S/C21H19N3O/c1-14-4-8-17(9-5-14)24(3)18-10-6-16(7-11-18)19-12-15(2)23-21(25)20(19)13-22/h4-12H,1-3H3,(H,23,25). The lowest BCUT2D eigenvalue weighted by atomic mass is 10.0. The lowest BCUT2D eigenvalue weighted by Crippen LogP contribution is -2.13. The van der Waals surface area contributed by atoms with E-state index in [1.165, 1.54) is 5.56 Å². The average Bonchev–Trinajstić information content (AvgIpc) is 2.61. The number of H-pyrrole nitrogens is 1. The highest BCUT2D eigenvalue weighted by Crippen LogP contribution is 2.28. The first kappa shape index (κ1) is 16.5. The second-order valence-corrected chi connectivity index (χ2v) is 6.12. The molecule has 0 atom stereocenters. The molecule has 0 saturated heterocycles. The Morgan fingerprint density at radius 3 is 2.08 bits per heavy atom. The number of hydrogen-bond donors (Lipinski definition) is 1. The number of rotatable bonds is 3. The van der Waals surface area contributed by atoms with Crippen molar-refractivity contribution < 1.29 is 0 Å². The SMILES string of the molecule is Cc1ccc(N(C)c2ccc(-c3cc(C)[nH]c(=O)c3C#N)cc2)cc1. The van der Waals surface area contributed by atoms with Crippen molar-refractivity contribution in [3.05, 3.63) is 81.8 Å². The molecule has 0 spiro atoms. The fraction of sp³-hybridized carbons (Fsp3) is 0.143. The van der Waals surface area contributed by atoms with Crippen LogP contribution in [0.5, 0.6) is 0 Å². The maximum Gasteiger partial charge on any atom is 0.266 e. The number of aromatic amines is 1. The number of benzene rings is 2. The lowest BCUT2D eigenvalue weighted by Gasteiger charge is -2.20. The Morgan fingerprint density at radius 1 is 0.960 bits per heavy atom. The first-order valence-corrected chi connectivity index (χ1v) is 8.04. The molecule has 3 rings (SSSR count). The molecule has 3 aromatic rings. The highest BCUT2D eigenvalue weighted by atomic mass is 16.1. The van der Waals surface area contributed by atoms with E-state index in [0.29, 0.717) is 5.56 Å². The van der Waals surface area contributed by atoms with Crippen molar-refractivity contribution in [2.24, 2.45) is 0 Å². The number of nitrogens with one attached hydrogen (secondary N) is 1. The highest BCUT2D eigenvalue weighted by molar-refractivity contribution is 5.73. The first-order chi connectivity index (χ1) is 12.0. The van der Waals surface area contributed by atoms with Crippen molar-refractivity contribution in [2.75, 3.05) is 11.9 Å². The first-order valence-electron chi connectivity index (χ1n) is 8.04. The molecule has 0 saturated carbocycles. The number of aryl methyl sites for hydroxylation is 2. The number of nitrogens with zero attached hydrogens (tertiary/aromatic N) is 2. The summed E-state index contributed by atoms with van der Waals surface area (Å²) in [6.07, 6.45) is 0. The summed E-state index contributed by atoms with van der Waals surface area (Å²) in [4.78, 5) is 16.7. The molecule has 0 aliphatic heterocycles. The van der Waals surface area contributed by atoms with Gasteiger partial charge in [0.25, 0.3) is 5.56 Å². The largest absolute Gasteiger partial charge is 0.345 e. The smallest absolute Gasteiger partial charge is 0.266 e. The van der Waals surface area contributed by atoms with Gasteiger partial charge >= 0.3 is 0 Å². The molecule has 1 heterocycles. The molecule has 0 amide bonds. The van der Waals surface area contributed by atoms with Crippen molar-refractivity contribution in [2.45, 2.75) is 13.8 Å². The van der Waals surface area contributed by atoms with Crippen LogP contribution in [0.25, 0.3) is 11.1 Å². The van der Waals surface area contributed by atoms with E-state index in [-0.39, 0.29) is 11.1 Å². The molecule has 25 heavy (non-hydrogen) atoms. The Bertz CT molecular complexity index is 993. The summed E-state index contributed by atoms with van der Waals surface area (Å²) in [7, 11) is 2.01. The predicted molar refractivity (Wildman–Crippen MR) is 101 cm³/mol. The Balaban J connectivity index is 1.97. The van der Waals surface area contributed by atoms with Gasteiger partial charge in [-0.15, -0.1) is 0 Å². The van der Waals surface area contributed by atoms with E-state index >= 15 is 0 Å². The number of aromatic nitrogens is 1. The van der Waals surface area contributed by atoms with Crippen molar-refractivity contribution in [1.82, 2.24) is 4.98 Å². The van der Waals surface area contributed by atoms with Gasteiger partial charge in [0.05, 0.1) is 0 Å². The Morgan fingerprint density at radius 2 is 1.52 bits per heavy atom. The van der Waals surface area contributed by atoms with Gasteiger partial charge in [-0.3, -0.25) is 4.79 Å². The van der Waals surface area contributed by atoms with Crippen LogP contribution in [0.15, 0.2) is 59.4 Å². The van der Waals surface area contributed by atoms with Crippen LogP contribution in [-0.2, 0) is 0 Å². The van der Waals surface area contributed by atoms with Gasteiger partial charge in [0, 0.05) is 29.7 Å². The topological polar surface area (TPSA) is 59.9 Å². The number of hydrogen-bond acceptors (Lipinski definition) is 3. The van der Waals surface area contributed by atoms with E-state index in [2.05, 4.69) is 41.1 Å². The number of nitriles is 1. The molecule has 0 radical (unpaired) electrons. The summed E-state index contributed by atoms with van der Waals surface area (Å²) in [5.41, 5.74) is 5.40. The fourth-order valence-corrected chi connectivity index (χ4v) is 2.81. The van der Waals surface area contributed by atoms with Gasteiger partial charge in [0.1, 0.15) is 11.6 Å². The second-order valence-electron chi connectivity index (χ2n) is 6.12. The third-order valence-electron chi connectivity index (χ3n) is 4.27. The molecule has 1 aromatic heterocycles. The van der Waals surface area contributed by atoms with Crippen molar-refractivity contribution in [1.29, 1.82) is 5.26 Å². The fourth-order valence-electron chi connectivity index (χ4n) is 2.81. The van der Waals surface area contributed by atoms with Crippen LogP contribution in [0, 0.1) is 25.2 Å². The molecule has 4 heteroatoms. The van der Waals surface area contributed by atoms with E-state index in [1.807, 2.05) is 50.4 Å². The number of anilines is 2. The Hall–Kier alpha value is -3.32. The monoisotopic (exact) mass is 329 g/mol. The van der Waals surface area contributed by atoms with Gasteiger partial charge in [-0.25, -0.2) is 0 Å². The minimum Gasteiger partial charge on any atom is -0.345 e. The molecule has 0 aliphatic rings. The molecule has 0 bridgehead atoms. The van der Waals surface area contributed by atoms with Gasteiger partial charge in [-0.05, 0) is 49.7 Å². The van der Waals surface area contributed by atoms with E-state index in [4.69, 9.17) is 0 Å². The molecule has 0 aliphatic carbocycles. The molecular formula is C21H19N3O. The van der Waals surface area contributed by atoms with Crippen LogP contribution in [-0.4, -0.2) is 12.0 Å². The molecule has 1 N–H and O–H groups in total. The van der Waals surface area contributed by atoms with Crippen LogP contribution in [0.4, 0.5) is 11.4 Å². The summed E-state index contributed by atoms with van der Waals surface area (Å²) >= 11 is 0. The van der Waals surface area contributed by atoms with Gasteiger partial charge < -0.3 is 9.88 Å². The van der Waals surface area contributed by atoms with Crippen LogP contribution in [0.3, 0.4) is 0 Å². The minimum absolute atomic E-state index is 0.144. The van der Waals surface area contributed by atoms with E-state index in [9.17, 15) is 10.1 Å². The zero-order valence-electron chi connectivity index (χ0n) is 14.5. The van der Waals surface area contributed by atoms with Gasteiger partial charge in [-0.1, -0.05) is 29.8 Å². The van der Waals surface area contributed by atoms with Gasteiger partial charge in [-0.2, -0.15) is 5.26 Å². The summed E-state index contributed by atoms with van der Waals surface area (Å²) in [6, 6.07) is 20.0. The van der Waals surface area contributed by atoms with E-state index in [0.717, 1.165) is 22.6 Å². The lowest BCUT2D eigenvalue weighted by molar-refractivity contribution is 1.13. The summed E-state index contributed by atoms with van der Waals surface area (Å²) in [5, 5.41) is 9.29. The minimum atomic E-state index is -0.349. The molecule has 4 nitrogen and oxygen atoms in total. The second kappa shape index (κ2) is 6.66. The third kappa shape index (κ3) is 3.31. The summed E-state index contributed by atoms with van der Waals surface area (Å²) < 4.78 is 0. The normalized spacial score (nSPS) is 10.3. The summed E-state index contributed by atoms with van der Waals surface area (Å²) in [6.45, 7) is 3.88. The van der Waals surface area contributed by atoms with Gasteiger partial charge in [0.15, 0.2) is 0 Å². The summed E-state index contributed by atoms with van der Waals surface area (Å²) in [5.74, 6) is 0. The molecule has 2 aromatic carbocycles. The third-order valence-corrected chi connectivity index (χ3v) is 4.27. The van der Waals surface area contributed by atoms with Crippen molar-refractivity contribution >= 4 is 11.4 Å². The Kier molecular flexibility index (Phi) is 4.40. The average molecular weight is 329 g/mol. The zero-order chi connectivity index (χ0) is 18.0. The van der Waals surface area contributed by atoms with Crippen LogP contribution < -0.4 is 10.5 Å². The van der Waals surface area contributed by atoms with E-state index < -0.39 is 0 Å². The van der Waals surface area contributed by atoms with E-state index in [1.54, 1.807) is 0 Å². The van der Waals surface area contributed by atoms with Crippen molar-refractivity contribution in [3.63, 3.8) is 0 Å². The van der Waals surface area contributed by atoms with Crippen molar-refractivity contribution in [3.8, 4) is 17.2 Å². The van der Waals surface area contributed by atoms with Crippen LogP contribution >= 0.6 is 0 Å². The zero-order valence-corrected chi connectivity index (χ0v) is 14.5. The molecule has 0 fully saturated rings. The van der Waals surface area contributed by atoms with Gasteiger partial charge in [0.2, 0.25) is 0 Å². The molecule has 124 valence electrons. The quantitative estimate of drug-likeness (QED) is 0.779. The number of pyridine rings is 1. The maximum atomic E-state index is 12.0.